The van der Waals surface area contributed by atoms with Crippen LogP contribution in [0.3, 0.4) is 0 Å². The minimum Gasteiger partial charge on any atom is -0.341 e. The van der Waals surface area contributed by atoms with Crippen LogP contribution in [0.5, 0.6) is 0 Å². The van der Waals surface area contributed by atoms with E-state index in [1.165, 1.54) is 16.4 Å². The van der Waals surface area contributed by atoms with Gasteiger partial charge in [0.25, 0.3) is 0 Å². The molecule has 0 amide bonds. The number of rotatable bonds is 1. The quantitative estimate of drug-likeness (QED) is 0.240. The number of para-hydroxylation sites is 1. The fraction of sp³-hybridized carbons (Fsp3) is 0.400. The summed E-state index contributed by atoms with van der Waals surface area (Å²) in [6.07, 6.45) is 0. The van der Waals surface area contributed by atoms with Gasteiger partial charge in [0, 0.05) is 40.5 Å². The Hall–Kier alpha value is -0.600. The van der Waals surface area contributed by atoms with Gasteiger partial charge < -0.3 is 4.57 Å². The third kappa shape index (κ3) is 4.40. The maximum atomic E-state index is 8.85. The lowest BCUT2D eigenvalue weighted by molar-refractivity contribution is 0.544. The largest absolute Gasteiger partial charge is 0.385 e. The van der Waals surface area contributed by atoms with Crippen molar-refractivity contribution in [3.63, 3.8) is 0 Å². The molecule has 0 atom stereocenters. The molecule has 1 saturated carbocycles. The zero-order valence-corrected chi connectivity index (χ0v) is 19.9. The molecule has 0 saturated heterocycles. The van der Waals surface area contributed by atoms with Gasteiger partial charge in [-0.1, -0.05) is 18.2 Å². The molecule has 1 aliphatic carbocycles. The standard InChI is InChI=1S/C14H12N3.C6H6Cl6/c1-2-17-13-6-4-3-5-11(13)12-9-10(16-15)7-8-14(12)17;7-1-2(8)4(10)6(12)5(11)3(1)9/h3-9H,2H2,1H3;1-6H/q+1;. The lowest BCUT2D eigenvalue weighted by Gasteiger charge is -2.37. The van der Waals surface area contributed by atoms with Crippen molar-refractivity contribution in [2.45, 2.75) is 45.7 Å². The smallest absolute Gasteiger partial charge is 0.341 e. The number of fused-ring (bicyclic) bond motifs is 3. The van der Waals surface area contributed by atoms with Gasteiger partial charge in [-0.05, 0) is 19.1 Å². The van der Waals surface area contributed by atoms with Gasteiger partial charge in [-0.3, -0.25) is 0 Å². The Labute approximate surface area is 199 Å². The fourth-order valence-electron chi connectivity index (χ4n) is 3.50. The average molecular weight is 513 g/mol. The molecule has 29 heavy (non-hydrogen) atoms. The van der Waals surface area contributed by atoms with Gasteiger partial charge in [-0.15, -0.1) is 69.6 Å². The predicted molar refractivity (Wildman–Crippen MR) is 128 cm³/mol. The van der Waals surface area contributed by atoms with E-state index >= 15 is 0 Å². The zero-order valence-electron chi connectivity index (χ0n) is 15.3. The number of nitrogens with zero attached hydrogens (tertiary/aromatic N) is 3. The maximum absolute atomic E-state index is 8.85. The van der Waals surface area contributed by atoms with Crippen molar-refractivity contribution in [1.82, 2.24) is 4.57 Å². The first-order valence-corrected chi connectivity index (χ1v) is 11.6. The highest BCUT2D eigenvalue weighted by Gasteiger charge is 2.46. The number of aromatic nitrogens is 1. The van der Waals surface area contributed by atoms with Crippen LogP contribution in [0.1, 0.15) is 6.92 Å². The Morgan fingerprint density at radius 3 is 1.72 bits per heavy atom. The second-order valence-corrected chi connectivity index (χ2v) is 9.75. The van der Waals surface area contributed by atoms with Crippen molar-refractivity contribution >= 4 is 97.1 Å². The summed E-state index contributed by atoms with van der Waals surface area (Å²) in [4.78, 5) is 3.25. The van der Waals surface area contributed by atoms with Gasteiger partial charge in [0.05, 0.1) is 32.3 Å². The number of hydrogen-bond donors (Lipinski definition) is 0. The van der Waals surface area contributed by atoms with E-state index in [1.807, 2.05) is 30.3 Å². The van der Waals surface area contributed by atoms with Gasteiger partial charge in [0.2, 0.25) is 5.39 Å². The first-order valence-electron chi connectivity index (χ1n) is 9.02. The predicted octanol–water partition coefficient (Wildman–Crippen LogP) is 7.94. The summed E-state index contributed by atoms with van der Waals surface area (Å²) in [5.41, 5.74) is 3.00. The summed E-state index contributed by atoms with van der Waals surface area (Å²) in [5.74, 6) is 0. The molecule has 0 N–H and O–H groups in total. The first-order chi connectivity index (χ1) is 13.8. The highest BCUT2D eigenvalue weighted by atomic mass is 35.5. The molecule has 4 rings (SSSR count). The molecule has 0 bridgehead atoms. The number of alkyl halides is 6. The Balaban J connectivity index is 0.000000177. The van der Waals surface area contributed by atoms with Crippen molar-refractivity contribution in [2.24, 2.45) is 0 Å². The van der Waals surface area contributed by atoms with E-state index in [-0.39, 0.29) is 0 Å². The summed E-state index contributed by atoms with van der Waals surface area (Å²) in [6, 6.07) is 14.1. The molecule has 0 unspecified atom stereocenters. The van der Waals surface area contributed by atoms with Gasteiger partial charge in [-0.2, -0.15) is 0 Å². The third-order valence-corrected chi connectivity index (χ3v) is 9.04. The summed E-state index contributed by atoms with van der Waals surface area (Å²) in [7, 11) is 0. The van der Waals surface area contributed by atoms with Crippen molar-refractivity contribution in [3.05, 3.63) is 47.4 Å². The van der Waals surface area contributed by atoms with Crippen molar-refractivity contribution < 1.29 is 0 Å². The van der Waals surface area contributed by atoms with Crippen LogP contribution in [0.25, 0.3) is 26.8 Å². The molecule has 1 aliphatic rings. The van der Waals surface area contributed by atoms with Crippen LogP contribution < -0.4 is 0 Å². The average Bonchev–Trinajstić information content (AvgIpc) is 3.08. The molecule has 1 fully saturated rings. The van der Waals surface area contributed by atoms with Gasteiger partial charge in [0.15, 0.2) is 4.98 Å². The molecule has 0 radical (unpaired) electrons. The Morgan fingerprint density at radius 2 is 1.24 bits per heavy atom. The molecule has 0 aliphatic heterocycles. The SMILES string of the molecule is CCn1c2ccccc2c2cc([N+]#N)ccc21.ClC1C(Cl)C(Cl)C(Cl)C(Cl)C1Cl. The summed E-state index contributed by atoms with van der Waals surface area (Å²) < 4.78 is 2.27. The van der Waals surface area contributed by atoms with E-state index in [9.17, 15) is 0 Å². The van der Waals surface area contributed by atoms with Gasteiger partial charge in [-0.25, -0.2) is 0 Å². The molecule has 0 spiro atoms. The van der Waals surface area contributed by atoms with Crippen LogP contribution in [0, 0.1) is 5.39 Å². The molecular weight excluding hydrogens is 495 g/mol. The lowest BCUT2D eigenvalue weighted by Crippen LogP contribution is -2.52. The second-order valence-electron chi connectivity index (χ2n) is 6.73. The molecule has 2 aromatic carbocycles. The van der Waals surface area contributed by atoms with Gasteiger partial charge >= 0.3 is 5.69 Å². The van der Waals surface area contributed by atoms with Crippen LogP contribution in [0.4, 0.5) is 5.69 Å². The van der Waals surface area contributed by atoms with E-state index < -0.39 is 32.3 Å². The van der Waals surface area contributed by atoms with Crippen LogP contribution in [0.2, 0.25) is 0 Å². The third-order valence-electron chi connectivity index (χ3n) is 5.01. The Bertz CT molecular complexity index is 987. The highest BCUT2D eigenvalue weighted by molar-refractivity contribution is 6.45. The number of benzene rings is 2. The minimum absolute atomic E-state index is 0.437. The molecule has 154 valence electrons. The van der Waals surface area contributed by atoms with Crippen LogP contribution in [0.15, 0.2) is 42.5 Å². The Kier molecular flexibility index (Phi) is 7.71. The first kappa shape index (κ1) is 23.1. The molecule has 1 aromatic heterocycles. The maximum Gasteiger partial charge on any atom is 0.385 e. The molecular formula is C20H18Cl6N3+. The number of aryl methyl sites for hydroxylation is 1. The summed E-state index contributed by atoms with van der Waals surface area (Å²) >= 11 is 35.3. The highest BCUT2D eigenvalue weighted by Crippen LogP contribution is 2.39. The second kappa shape index (κ2) is 9.69. The van der Waals surface area contributed by atoms with Crippen molar-refractivity contribution in [2.75, 3.05) is 0 Å². The van der Waals surface area contributed by atoms with Crippen molar-refractivity contribution in [1.29, 1.82) is 5.39 Å². The molecule has 3 nitrogen and oxygen atoms in total. The topological polar surface area (TPSA) is 33.1 Å². The zero-order chi connectivity index (χ0) is 21.3. The van der Waals surface area contributed by atoms with E-state index in [0.29, 0.717) is 5.69 Å². The van der Waals surface area contributed by atoms with Crippen LogP contribution in [-0.2, 0) is 6.54 Å². The summed E-state index contributed by atoms with van der Waals surface area (Å²) in [5, 5.41) is 8.57. The van der Waals surface area contributed by atoms with Crippen LogP contribution in [-0.4, -0.2) is 36.8 Å². The minimum atomic E-state index is -0.437. The van der Waals surface area contributed by atoms with E-state index in [1.54, 1.807) is 0 Å². The van der Waals surface area contributed by atoms with E-state index in [0.717, 1.165) is 11.9 Å². The van der Waals surface area contributed by atoms with Crippen molar-refractivity contribution in [3.8, 4) is 0 Å². The monoisotopic (exact) mass is 510 g/mol. The molecule has 9 heteroatoms. The van der Waals surface area contributed by atoms with Gasteiger partial charge in [0.1, 0.15) is 0 Å². The normalized spacial score (nSPS) is 29.3. The van der Waals surface area contributed by atoms with Crippen LogP contribution >= 0.6 is 69.6 Å². The number of diazo groups is 1. The molecule has 3 aromatic rings. The number of halogens is 6. The Morgan fingerprint density at radius 1 is 0.759 bits per heavy atom. The fourth-order valence-corrected chi connectivity index (χ4v) is 5.83. The summed E-state index contributed by atoms with van der Waals surface area (Å²) in [6.45, 7) is 3.07. The number of hydrogen-bond acceptors (Lipinski definition) is 1. The van der Waals surface area contributed by atoms with E-state index in [2.05, 4.69) is 28.6 Å². The lowest BCUT2D eigenvalue weighted by atomic mass is 9.97. The van der Waals surface area contributed by atoms with E-state index in [4.69, 9.17) is 75.0 Å². The molecule has 1 heterocycles.